The zero-order valence-electron chi connectivity index (χ0n) is 18.1. The van der Waals surface area contributed by atoms with Crippen LogP contribution < -0.4 is 0 Å². The van der Waals surface area contributed by atoms with Crippen LogP contribution in [0.25, 0.3) is 0 Å². The summed E-state index contributed by atoms with van der Waals surface area (Å²) >= 11 is 0. The van der Waals surface area contributed by atoms with Crippen LogP contribution in [0.4, 0.5) is 13.2 Å². The highest BCUT2D eigenvalue weighted by Gasteiger charge is 2.59. The van der Waals surface area contributed by atoms with E-state index in [2.05, 4.69) is 36.2 Å². The van der Waals surface area contributed by atoms with Crippen molar-refractivity contribution in [1.82, 2.24) is 4.90 Å². The Morgan fingerprint density at radius 3 is 2.33 bits per heavy atom. The predicted molar refractivity (Wildman–Crippen MR) is 109 cm³/mol. The lowest BCUT2D eigenvalue weighted by Crippen LogP contribution is -2.51. The fourth-order valence-electron chi connectivity index (χ4n) is 6.91. The molecule has 0 N–H and O–H groups in total. The summed E-state index contributed by atoms with van der Waals surface area (Å²) in [6, 6.07) is 0.565. The molecule has 4 aliphatic rings. The molecule has 170 valence electrons. The number of hydrogen-bond acceptors (Lipinski definition) is 4. The Morgan fingerprint density at radius 1 is 1.03 bits per heavy atom. The smallest absolute Gasteiger partial charge is 0.380 e. The van der Waals surface area contributed by atoms with Gasteiger partial charge in [0.2, 0.25) is 0 Å². The van der Waals surface area contributed by atoms with E-state index in [1.807, 2.05) is 6.92 Å². The van der Waals surface area contributed by atoms with E-state index in [-0.39, 0.29) is 17.1 Å². The predicted octanol–water partition coefficient (Wildman–Crippen LogP) is 5.24. The molecule has 8 heteroatoms. The number of rotatable bonds is 3. The van der Waals surface area contributed by atoms with Crippen molar-refractivity contribution in [2.45, 2.75) is 70.3 Å². The molecule has 0 aromatic heterocycles. The number of nitrogens with zero attached hydrogens (tertiary/aromatic N) is 1. The number of allylic oxidation sites excluding steroid dienone is 3. The minimum Gasteiger partial charge on any atom is -0.380 e. The second kappa shape index (κ2) is 6.99. The summed E-state index contributed by atoms with van der Waals surface area (Å²) in [7, 11) is -1.37. The third-order valence-electron chi connectivity index (χ3n) is 8.80. The van der Waals surface area contributed by atoms with Crippen molar-refractivity contribution in [2.75, 3.05) is 14.1 Å². The van der Waals surface area contributed by atoms with Gasteiger partial charge in [-0.15, -0.1) is 0 Å². The van der Waals surface area contributed by atoms with Gasteiger partial charge in [-0.1, -0.05) is 25.5 Å². The molecule has 0 bridgehead atoms. The monoisotopic (exact) mass is 447 g/mol. The molecule has 2 saturated carbocycles. The zero-order valence-corrected chi connectivity index (χ0v) is 18.9. The van der Waals surface area contributed by atoms with Crippen molar-refractivity contribution in [3.05, 3.63) is 23.5 Å². The highest BCUT2D eigenvalue weighted by atomic mass is 32.2. The van der Waals surface area contributed by atoms with Crippen molar-refractivity contribution in [3.63, 3.8) is 0 Å². The van der Waals surface area contributed by atoms with Gasteiger partial charge in [0.25, 0.3) is 0 Å². The van der Waals surface area contributed by atoms with Crippen LogP contribution in [0.5, 0.6) is 0 Å². The van der Waals surface area contributed by atoms with Gasteiger partial charge in [0, 0.05) is 11.5 Å². The van der Waals surface area contributed by atoms with Gasteiger partial charge in [-0.2, -0.15) is 21.6 Å². The van der Waals surface area contributed by atoms with Gasteiger partial charge >= 0.3 is 15.6 Å². The Balaban J connectivity index is 1.58. The minimum atomic E-state index is -5.63. The van der Waals surface area contributed by atoms with Gasteiger partial charge in [0.15, 0.2) is 0 Å². The highest BCUT2D eigenvalue weighted by molar-refractivity contribution is 7.87. The lowest BCUT2D eigenvalue weighted by Gasteiger charge is -2.58. The van der Waals surface area contributed by atoms with Crippen LogP contribution in [0.3, 0.4) is 0 Å². The lowest BCUT2D eigenvalue weighted by atomic mass is 9.48. The SMILES string of the molecule is CN(C)[C@H]1CC[C@@]2(C)C(=CC[C@@H]3C2CC[C@]2(C)C(OS(=O)(=O)C(F)(F)F)=CC[C@@H]32)C1. The van der Waals surface area contributed by atoms with Gasteiger partial charge in [0.1, 0.15) is 5.76 Å². The number of halogens is 3. The van der Waals surface area contributed by atoms with E-state index in [4.69, 9.17) is 0 Å². The molecule has 4 rings (SSSR count). The zero-order chi connectivity index (χ0) is 22.1. The van der Waals surface area contributed by atoms with E-state index in [9.17, 15) is 21.6 Å². The van der Waals surface area contributed by atoms with E-state index >= 15 is 0 Å². The molecular weight excluding hydrogens is 415 g/mol. The van der Waals surface area contributed by atoms with Crippen molar-refractivity contribution >= 4 is 10.1 Å². The van der Waals surface area contributed by atoms with Crippen LogP contribution in [-0.2, 0) is 14.3 Å². The Bertz CT molecular complexity index is 879. The first-order valence-electron chi connectivity index (χ1n) is 10.9. The highest BCUT2D eigenvalue weighted by Crippen LogP contribution is 2.65. The molecule has 0 spiro atoms. The van der Waals surface area contributed by atoms with Gasteiger partial charge < -0.3 is 9.08 Å². The van der Waals surface area contributed by atoms with Gasteiger partial charge in [-0.05, 0) is 88.3 Å². The Hall–Kier alpha value is -1.02. The van der Waals surface area contributed by atoms with Crippen molar-refractivity contribution in [3.8, 4) is 0 Å². The summed E-state index contributed by atoms with van der Waals surface area (Å²) in [6.45, 7) is 4.27. The van der Waals surface area contributed by atoms with Crippen LogP contribution in [0.15, 0.2) is 23.5 Å². The van der Waals surface area contributed by atoms with E-state index in [0.29, 0.717) is 30.7 Å². The van der Waals surface area contributed by atoms with Crippen LogP contribution in [0, 0.1) is 28.6 Å². The molecule has 0 amide bonds. The molecule has 0 aliphatic heterocycles. The molecule has 30 heavy (non-hydrogen) atoms. The molecule has 0 saturated heterocycles. The number of hydrogen-bond donors (Lipinski definition) is 0. The molecule has 0 aromatic rings. The minimum absolute atomic E-state index is 0.000444. The Kier molecular flexibility index (Phi) is 5.17. The topological polar surface area (TPSA) is 46.6 Å². The first-order valence-corrected chi connectivity index (χ1v) is 12.3. The molecule has 0 heterocycles. The van der Waals surface area contributed by atoms with Gasteiger partial charge in [-0.3, -0.25) is 0 Å². The van der Waals surface area contributed by atoms with Crippen LogP contribution in [-0.4, -0.2) is 39.0 Å². The largest absolute Gasteiger partial charge is 0.534 e. The third-order valence-corrected chi connectivity index (χ3v) is 9.77. The summed E-state index contributed by atoms with van der Waals surface area (Å²) in [5.74, 6) is 0.959. The maximum atomic E-state index is 12.9. The normalized spacial score (nSPS) is 41.5. The average molecular weight is 448 g/mol. The van der Waals surface area contributed by atoms with Crippen LogP contribution in [0.1, 0.15) is 58.8 Å². The molecule has 4 aliphatic carbocycles. The van der Waals surface area contributed by atoms with Gasteiger partial charge in [0.05, 0.1) is 0 Å². The van der Waals surface area contributed by atoms with Crippen LogP contribution >= 0.6 is 0 Å². The lowest BCUT2D eigenvalue weighted by molar-refractivity contribution is -0.0577. The van der Waals surface area contributed by atoms with E-state index in [1.165, 1.54) is 0 Å². The Labute approximate surface area is 177 Å². The molecule has 4 nitrogen and oxygen atoms in total. The molecule has 1 unspecified atom stereocenters. The van der Waals surface area contributed by atoms with Crippen LogP contribution in [0.2, 0.25) is 0 Å². The summed E-state index contributed by atoms with van der Waals surface area (Å²) < 4.78 is 66.6. The fraction of sp³-hybridized carbons (Fsp3) is 0.818. The van der Waals surface area contributed by atoms with Crippen molar-refractivity contribution in [1.29, 1.82) is 0 Å². The van der Waals surface area contributed by atoms with E-state index < -0.39 is 21.0 Å². The third kappa shape index (κ3) is 3.24. The van der Waals surface area contributed by atoms with E-state index in [1.54, 1.807) is 11.6 Å². The van der Waals surface area contributed by atoms with E-state index in [0.717, 1.165) is 32.1 Å². The van der Waals surface area contributed by atoms with Crippen molar-refractivity contribution < 1.29 is 25.8 Å². The first-order chi connectivity index (χ1) is 13.8. The molecule has 0 aromatic carbocycles. The Morgan fingerprint density at radius 2 is 1.70 bits per heavy atom. The number of alkyl halides is 3. The second-order valence-corrected chi connectivity index (χ2v) is 11.9. The average Bonchev–Trinajstić information content (AvgIpc) is 2.96. The maximum Gasteiger partial charge on any atom is 0.534 e. The summed E-state index contributed by atoms with van der Waals surface area (Å²) in [5, 5.41) is 0. The molecule has 2 fully saturated rings. The quantitative estimate of drug-likeness (QED) is 0.337. The summed E-state index contributed by atoms with van der Waals surface area (Å²) in [5.41, 5.74) is -4.37. The second-order valence-electron chi connectivity index (χ2n) is 10.4. The van der Waals surface area contributed by atoms with Gasteiger partial charge in [-0.25, -0.2) is 0 Å². The summed E-state index contributed by atoms with van der Waals surface area (Å²) in [6.07, 6.45) is 10.4. The fourth-order valence-corrected chi connectivity index (χ4v) is 7.49. The standard InChI is InChI=1S/C22H32F3NO3S/c1-20-11-9-15(26(3)4)13-14(20)5-6-16-17-7-8-19(21(17,2)12-10-18(16)20)29-30(27,28)22(23,24)25/h5,8,15-18H,6-7,9-13H2,1-4H3/t15-,16-,17-,18?,20-,21-/m0/s1. The molecular formula is C22H32F3NO3S. The summed E-state index contributed by atoms with van der Waals surface area (Å²) in [4.78, 5) is 2.30. The molecule has 6 atom stereocenters. The van der Waals surface area contributed by atoms with Crippen molar-refractivity contribution in [2.24, 2.45) is 28.6 Å². The number of fused-ring (bicyclic) bond motifs is 5. The first kappa shape index (κ1) is 22.2. The maximum absolute atomic E-state index is 12.9. The molecule has 0 radical (unpaired) electrons.